The molecule has 0 saturated heterocycles. The maximum atomic E-state index is 2.52. The molecule has 1 unspecified atom stereocenters. The number of anilines is 5. The first kappa shape index (κ1) is 36.2. The van der Waals surface area contributed by atoms with E-state index in [1.54, 1.807) is 0 Å². The number of rotatable bonds is 9. The fourth-order valence-electron chi connectivity index (χ4n) is 9.18. The molecular weight excluding hydrogens is 713 g/mol. The Kier molecular flexibility index (Phi) is 9.39. The molecule has 0 amide bonds. The quantitative estimate of drug-likeness (QED) is 0.145. The maximum Gasteiger partial charge on any atom is 0.0563 e. The summed E-state index contributed by atoms with van der Waals surface area (Å²) in [4.78, 5) is 4.83. The summed E-state index contributed by atoms with van der Waals surface area (Å²) in [6.45, 7) is 4.83. The summed E-state index contributed by atoms with van der Waals surface area (Å²) in [6, 6.07) is 77.0. The Balaban J connectivity index is 0.912. The van der Waals surface area contributed by atoms with E-state index < -0.39 is 0 Å². The molecule has 10 rings (SSSR count). The van der Waals surface area contributed by atoms with Crippen LogP contribution in [0.5, 0.6) is 0 Å². The van der Waals surface area contributed by atoms with Crippen molar-refractivity contribution in [3.8, 4) is 33.4 Å². The minimum absolute atomic E-state index is 0.112. The Labute approximate surface area is 348 Å². The monoisotopic (exact) mass is 758 g/mol. The summed E-state index contributed by atoms with van der Waals surface area (Å²) in [5.74, 6) is 0. The highest BCUT2D eigenvalue weighted by molar-refractivity contribution is 5.89. The molecule has 59 heavy (non-hydrogen) atoms. The van der Waals surface area contributed by atoms with Crippen molar-refractivity contribution >= 4 is 34.0 Å². The first-order valence-corrected chi connectivity index (χ1v) is 20.7. The largest absolute Gasteiger partial charge is 0.334 e. The molecule has 8 aromatic carbocycles. The smallest absolute Gasteiger partial charge is 0.0563 e. The summed E-state index contributed by atoms with van der Waals surface area (Å²) >= 11 is 0. The van der Waals surface area contributed by atoms with Crippen molar-refractivity contribution in [3.05, 3.63) is 241 Å². The van der Waals surface area contributed by atoms with E-state index in [1.165, 1.54) is 67.0 Å². The van der Waals surface area contributed by atoms with Crippen LogP contribution in [-0.4, -0.2) is 6.04 Å². The van der Waals surface area contributed by atoms with E-state index in [-0.39, 0.29) is 11.5 Å². The second kappa shape index (κ2) is 15.3. The van der Waals surface area contributed by atoms with Gasteiger partial charge in [0.2, 0.25) is 0 Å². The second-order valence-electron chi connectivity index (χ2n) is 16.2. The van der Waals surface area contributed by atoms with Crippen molar-refractivity contribution in [2.75, 3.05) is 9.80 Å². The van der Waals surface area contributed by atoms with Crippen molar-refractivity contribution in [3.63, 3.8) is 0 Å². The topological polar surface area (TPSA) is 6.48 Å². The van der Waals surface area contributed by atoms with Crippen molar-refractivity contribution < 1.29 is 0 Å². The van der Waals surface area contributed by atoms with Crippen molar-refractivity contribution in [2.45, 2.75) is 31.7 Å². The van der Waals surface area contributed by atoms with Crippen LogP contribution in [0.1, 0.15) is 31.4 Å². The summed E-state index contributed by atoms with van der Waals surface area (Å²) in [5.41, 5.74) is 18.7. The fourth-order valence-corrected chi connectivity index (χ4v) is 9.18. The van der Waals surface area contributed by atoms with Gasteiger partial charge in [-0.2, -0.15) is 0 Å². The molecule has 0 fully saturated rings. The number of benzene rings is 8. The predicted molar refractivity (Wildman–Crippen MR) is 250 cm³/mol. The van der Waals surface area contributed by atoms with E-state index in [0.717, 1.165) is 23.5 Å². The van der Waals surface area contributed by atoms with Crippen LogP contribution in [0.25, 0.3) is 39.0 Å². The highest BCUT2D eigenvalue weighted by Crippen LogP contribution is 2.52. The summed E-state index contributed by atoms with van der Waals surface area (Å²) in [7, 11) is 0. The van der Waals surface area contributed by atoms with Crippen LogP contribution < -0.4 is 9.80 Å². The van der Waals surface area contributed by atoms with Gasteiger partial charge in [-0.25, -0.2) is 0 Å². The number of hydrogen-bond acceptors (Lipinski definition) is 2. The van der Waals surface area contributed by atoms with Crippen molar-refractivity contribution in [2.24, 2.45) is 0 Å². The SMILES string of the molecule is CC1(C)C2=C(C=CC(N(c3ccccc3)c3ccc(-c4ccc(-c5ccccc5)cc4)cc3)C2)c2ccc(-c3ccc(N(c4ccccc4)c4ccccc4)cc3)cc21. The lowest BCUT2D eigenvalue weighted by molar-refractivity contribution is 0.585. The van der Waals surface area contributed by atoms with Gasteiger partial charge < -0.3 is 9.80 Å². The number of nitrogens with zero attached hydrogens (tertiary/aromatic N) is 2. The molecule has 2 aliphatic rings. The third-order valence-electron chi connectivity index (χ3n) is 12.3. The van der Waals surface area contributed by atoms with Gasteiger partial charge in [0.05, 0.1) is 6.04 Å². The van der Waals surface area contributed by atoms with Gasteiger partial charge in [-0.3, -0.25) is 0 Å². The van der Waals surface area contributed by atoms with Gasteiger partial charge in [0.1, 0.15) is 0 Å². The standard InChI is InChI=1S/C57H46N2/c1-57(2)55-39-46(45-29-34-50(35-30-45)58(47-17-9-4-10-18-47)48-19-11-5-12-20-48)31-37-53(55)54-38-36-52(40-56(54)57)59(49-21-13-6-14-22-49)51-32-27-44(28-33-51)43-25-23-42(24-26-43)41-15-7-3-8-16-41/h3-39,52H,40H2,1-2H3. The van der Waals surface area contributed by atoms with E-state index in [1.807, 2.05) is 0 Å². The van der Waals surface area contributed by atoms with Crippen molar-refractivity contribution in [1.29, 1.82) is 0 Å². The van der Waals surface area contributed by atoms with Gasteiger partial charge in [0.25, 0.3) is 0 Å². The molecule has 8 aromatic rings. The average molecular weight is 759 g/mol. The molecule has 0 radical (unpaired) electrons. The third kappa shape index (κ3) is 6.87. The molecule has 1 atom stereocenters. The third-order valence-corrected chi connectivity index (χ3v) is 12.3. The first-order valence-electron chi connectivity index (χ1n) is 20.7. The summed E-state index contributed by atoms with van der Waals surface area (Å²) in [5, 5.41) is 0. The molecule has 0 aliphatic heterocycles. The molecule has 2 heteroatoms. The van der Waals surface area contributed by atoms with E-state index in [2.05, 4.69) is 248 Å². The van der Waals surface area contributed by atoms with Crippen molar-refractivity contribution in [1.82, 2.24) is 0 Å². The Morgan fingerprint density at radius 1 is 0.407 bits per heavy atom. The average Bonchev–Trinajstić information content (AvgIpc) is 3.53. The minimum atomic E-state index is -0.112. The van der Waals surface area contributed by atoms with E-state index in [9.17, 15) is 0 Å². The normalized spacial score (nSPS) is 15.1. The lowest BCUT2D eigenvalue weighted by Crippen LogP contribution is -2.33. The zero-order valence-corrected chi connectivity index (χ0v) is 33.5. The lowest BCUT2D eigenvalue weighted by atomic mass is 9.77. The molecule has 0 heterocycles. The molecule has 0 bridgehead atoms. The molecule has 0 saturated carbocycles. The zero-order chi connectivity index (χ0) is 39.8. The van der Waals surface area contributed by atoms with Crippen LogP contribution in [0.2, 0.25) is 0 Å². The van der Waals surface area contributed by atoms with Crippen LogP contribution in [0, 0.1) is 0 Å². The number of allylic oxidation sites excluding steroid dienone is 2. The van der Waals surface area contributed by atoms with E-state index in [4.69, 9.17) is 0 Å². The second-order valence-corrected chi connectivity index (χ2v) is 16.2. The molecule has 0 N–H and O–H groups in total. The first-order chi connectivity index (χ1) is 29.0. The van der Waals surface area contributed by atoms with Gasteiger partial charge in [-0.05, 0) is 129 Å². The number of fused-ring (bicyclic) bond motifs is 2. The van der Waals surface area contributed by atoms with Crippen LogP contribution >= 0.6 is 0 Å². The Morgan fingerprint density at radius 3 is 1.34 bits per heavy atom. The number of para-hydroxylation sites is 3. The Bertz CT molecular complexity index is 2730. The van der Waals surface area contributed by atoms with Crippen LogP contribution in [-0.2, 0) is 5.41 Å². The van der Waals surface area contributed by atoms with Gasteiger partial charge in [0.15, 0.2) is 0 Å². The van der Waals surface area contributed by atoms with Gasteiger partial charge >= 0.3 is 0 Å². The Hall–Kier alpha value is -7.16. The van der Waals surface area contributed by atoms with E-state index >= 15 is 0 Å². The molecular formula is C57H46N2. The summed E-state index contributed by atoms with van der Waals surface area (Å²) < 4.78 is 0. The molecule has 2 nitrogen and oxygen atoms in total. The lowest BCUT2D eigenvalue weighted by Gasteiger charge is -2.37. The molecule has 0 spiro atoms. The summed E-state index contributed by atoms with van der Waals surface area (Å²) in [6.07, 6.45) is 5.76. The highest BCUT2D eigenvalue weighted by Gasteiger charge is 2.40. The van der Waals surface area contributed by atoms with Crippen LogP contribution in [0.4, 0.5) is 28.4 Å². The fraction of sp³-hybridized carbons (Fsp3) is 0.0877. The molecule has 284 valence electrons. The minimum Gasteiger partial charge on any atom is -0.334 e. The van der Waals surface area contributed by atoms with Gasteiger partial charge in [-0.1, -0.05) is 172 Å². The maximum absolute atomic E-state index is 2.52. The predicted octanol–water partition coefficient (Wildman–Crippen LogP) is 15.4. The molecule has 0 aromatic heterocycles. The zero-order valence-electron chi connectivity index (χ0n) is 33.5. The van der Waals surface area contributed by atoms with Gasteiger partial charge in [0, 0.05) is 33.9 Å². The Morgan fingerprint density at radius 2 is 0.797 bits per heavy atom. The van der Waals surface area contributed by atoms with Crippen LogP contribution in [0.15, 0.2) is 230 Å². The van der Waals surface area contributed by atoms with Crippen LogP contribution in [0.3, 0.4) is 0 Å². The van der Waals surface area contributed by atoms with Gasteiger partial charge in [-0.15, -0.1) is 0 Å². The number of hydrogen-bond donors (Lipinski definition) is 0. The van der Waals surface area contributed by atoms with E-state index in [0.29, 0.717) is 0 Å². The molecule has 2 aliphatic carbocycles. The highest BCUT2D eigenvalue weighted by atomic mass is 15.2.